The summed E-state index contributed by atoms with van der Waals surface area (Å²) in [6.07, 6.45) is -6.29. The van der Waals surface area contributed by atoms with Crippen LogP contribution >= 0.6 is 11.8 Å². The van der Waals surface area contributed by atoms with E-state index in [1.165, 1.54) is 30.5 Å². The highest BCUT2D eigenvalue weighted by Gasteiger charge is 2.38. The lowest BCUT2D eigenvalue weighted by atomic mass is 9.89. The van der Waals surface area contributed by atoms with Gasteiger partial charge in [0.1, 0.15) is 12.6 Å². The Morgan fingerprint density at radius 2 is 0.968 bits per heavy atom. The summed E-state index contributed by atoms with van der Waals surface area (Å²) >= 11 is 1.28. The van der Waals surface area contributed by atoms with Gasteiger partial charge in [0.05, 0.1) is 36.8 Å². The number of ketones is 6. The van der Waals surface area contributed by atoms with Crippen LogP contribution in [0, 0.1) is 23.7 Å². The van der Waals surface area contributed by atoms with Crippen molar-refractivity contribution in [2.75, 3.05) is 38.3 Å². The molecule has 11 N–H and O–H groups in total. The lowest BCUT2D eigenvalue weighted by Gasteiger charge is -2.27. The average molecular weight is 1340 g/mol. The van der Waals surface area contributed by atoms with Gasteiger partial charge in [-0.1, -0.05) is 34.6 Å². The summed E-state index contributed by atoms with van der Waals surface area (Å²) in [5.74, 6) is -19.7. The van der Waals surface area contributed by atoms with E-state index < -0.39 is 238 Å². The van der Waals surface area contributed by atoms with E-state index >= 15 is 0 Å². The lowest BCUT2D eigenvalue weighted by Crippen LogP contribution is -2.52. The van der Waals surface area contributed by atoms with Crippen LogP contribution in [0.3, 0.4) is 0 Å². The van der Waals surface area contributed by atoms with Crippen LogP contribution in [0.5, 0.6) is 0 Å². The van der Waals surface area contributed by atoms with Crippen molar-refractivity contribution >= 4 is 118 Å². The zero-order valence-corrected chi connectivity index (χ0v) is 54.5. The average Bonchev–Trinajstić information content (AvgIpc) is 1.89. The van der Waals surface area contributed by atoms with Gasteiger partial charge in [0.2, 0.25) is 41.4 Å². The minimum absolute atomic E-state index is 0.0937. The van der Waals surface area contributed by atoms with E-state index in [4.69, 9.17) is 4.74 Å². The smallest absolute Gasteiger partial charge is 0.303 e. The second-order valence-corrected chi connectivity index (χ2v) is 24.2. The number of nitrogens with zero attached hydrogens (tertiary/aromatic N) is 1. The van der Waals surface area contributed by atoms with Crippen molar-refractivity contribution in [2.45, 2.75) is 212 Å². The molecule has 1 heterocycles. The van der Waals surface area contributed by atoms with Crippen molar-refractivity contribution in [3.63, 3.8) is 0 Å². The Labute approximate surface area is 543 Å². The third-order valence-corrected chi connectivity index (χ3v) is 15.8. The molecule has 0 bridgehead atoms. The molecule has 7 amide bonds. The van der Waals surface area contributed by atoms with Gasteiger partial charge in [-0.15, -0.1) is 0 Å². The van der Waals surface area contributed by atoms with Gasteiger partial charge < -0.3 is 67.1 Å². The number of aliphatic carboxylic acids is 5. The largest absolute Gasteiger partial charge is 0.481 e. The maximum Gasteiger partial charge on any atom is 0.303 e. The molecule has 0 aromatic carbocycles. The highest BCUT2D eigenvalue weighted by Crippen LogP contribution is 2.22. The summed E-state index contributed by atoms with van der Waals surface area (Å²) in [6, 6.07) is -7.72. The van der Waals surface area contributed by atoms with Gasteiger partial charge in [-0.05, 0) is 70.0 Å². The van der Waals surface area contributed by atoms with Crippen molar-refractivity contribution in [1.82, 2.24) is 36.8 Å². The van der Waals surface area contributed by atoms with Crippen molar-refractivity contribution < 1.29 is 117 Å². The number of amides is 7. The van der Waals surface area contributed by atoms with E-state index in [1.54, 1.807) is 13.2 Å². The Morgan fingerprint density at radius 3 is 1.44 bits per heavy atom. The highest BCUT2D eigenvalue weighted by molar-refractivity contribution is 7.98. The molecule has 0 aromatic heterocycles. The molecule has 9 atom stereocenters. The molecule has 0 aromatic rings. The van der Waals surface area contributed by atoms with Crippen LogP contribution < -0.4 is 31.9 Å². The molecule has 1 saturated heterocycles. The summed E-state index contributed by atoms with van der Waals surface area (Å²) in [5, 5.41) is 62.1. The van der Waals surface area contributed by atoms with Crippen LogP contribution in [0.2, 0.25) is 0 Å². The molecule has 0 aliphatic carbocycles. The fraction of sp³-hybridized carbons (Fsp3) is 0.705. The summed E-state index contributed by atoms with van der Waals surface area (Å²) in [4.78, 5) is 231. The third-order valence-electron chi connectivity index (χ3n) is 15.1. The number of nitrogens with one attached hydrogen (secondary N) is 6. The summed E-state index contributed by atoms with van der Waals surface area (Å²) in [6.45, 7) is 7.45. The van der Waals surface area contributed by atoms with Gasteiger partial charge in [0.15, 0.2) is 34.7 Å². The van der Waals surface area contributed by atoms with Crippen molar-refractivity contribution in [3.05, 3.63) is 0 Å². The monoisotopic (exact) mass is 1340 g/mol. The van der Waals surface area contributed by atoms with Crippen LogP contribution in [0.1, 0.15) is 176 Å². The van der Waals surface area contributed by atoms with Crippen LogP contribution in [-0.2, 0) is 91.0 Å². The van der Waals surface area contributed by atoms with Crippen LogP contribution in [0.25, 0.3) is 0 Å². The molecule has 1 fully saturated rings. The van der Waals surface area contributed by atoms with E-state index in [1.807, 2.05) is 13.8 Å². The normalized spacial score (nSPS) is 15.3. The van der Waals surface area contributed by atoms with Gasteiger partial charge in [-0.2, -0.15) is 11.8 Å². The first kappa shape index (κ1) is 83.0. The van der Waals surface area contributed by atoms with Crippen molar-refractivity contribution in [1.29, 1.82) is 0 Å². The Hall–Kier alpha value is -8.03. The van der Waals surface area contributed by atoms with Crippen LogP contribution in [0.4, 0.5) is 0 Å². The van der Waals surface area contributed by atoms with Gasteiger partial charge in [0.25, 0.3) is 0 Å². The number of carbonyl (C=O) groups excluding carboxylic acids is 13. The molecule has 1 aliphatic heterocycles. The van der Waals surface area contributed by atoms with E-state index in [-0.39, 0.29) is 94.9 Å². The number of carboxylic acid groups (broad SMARTS) is 5. The maximum absolute atomic E-state index is 14.0. The van der Waals surface area contributed by atoms with Gasteiger partial charge in [-0.25, -0.2) is 0 Å². The molecule has 31 nitrogen and oxygen atoms in total. The van der Waals surface area contributed by atoms with E-state index in [2.05, 4.69) is 31.9 Å². The van der Waals surface area contributed by atoms with E-state index in [0.717, 1.165) is 0 Å². The Morgan fingerprint density at radius 1 is 0.505 bits per heavy atom. The summed E-state index contributed by atoms with van der Waals surface area (Å²) < 4.78 is 5.57. The molecule has 1 rings (SSSR count). The molecule has 93 heavy (non-hydrogen) atoms. The molecule has 1 aliphatic rings. The first-order valence-corrected chi connectivity index (χ1v) is 32.5. The molecular weight excluding hydrogens is 1250 g/mol. The quantitative estimate of drug-likeness (QED) is 0.0380. The zero-order valence-electron chi connectivity index (χ0n) is 53.7. The standard InChI is InChI=1S/C61H93N7O24S/c1-7-38(69)31-62-58(88)35(5)28-47(72)43(33-93-6)64-51(76)19-18-46(71)42(27-34(3)4)67-61(91)44-11-9-25-68(44)52(77)32-92-26-10-12-45(70)39(15-22-55(82)83)65-59(89)37(14-21-54(80)81)30-49(74)41(17-24-57(86)87)66-60(90)36(13-20-53(78)79)29-48(73)40(16-23-56(84)85)63-50(75)8-2/h34-37,39-44H,7-33H2,1-6H3,(H,62,88)(H,63,75)(H,64,76)(H,65,89)(H,66,90)(H,67,91)(H,78,79)(H,80,81)(H,82,83)(H,84,85)(H,86,87)/t35-,36+,37+,39-,40-,41-,42+,43+,44+/m1/s1. The van der Waals surface area contributed by atoms with Gasteiger partial charge >= 0.3 is 29.8 Å². The van der Waals surface area contributed by atoms with Gasteiger partial charge in [-0.3, -0.25) is 86.3 Å². The van der Waals surface area contributed by atoms with E-state index in [9.17, 15) is 112 Å². The number of rotatable bonds is 52. The summed E-state index contributed by atoms with van der Waals surface area (Å²) in [5.41, 5.74) is 0. The molecule has 522 valence electrons. The Bertz CT molecular complexity index is 2670. The lowest BCUT2D eigenvalue weighted by molar-refractivity contribution is -0.142. The molecule has 32 heteroatoms. The Balaban J connectivity index is 3.14. The number of thioether (sulfide) groups is 1. The fourth-order valence-corrected chi connectivity index (χ4v) is 10.4. The minimum atomic E-state index is -1.75. The predicted molar refractivity (Wildman–Crippen MR) is 329 cm³/mol. The zero-order chi connectivity index (χ0) is 70.5. The van der Waals surface area contributed by atoms with Gasteiger partial charge in [0, 0.05) is 120 Å². The van der Waals surface area contributed by atoms with E-state index in [0.29, 0.717) is 6.42 Å². The number of hydrogen-bond donors (Lipinski definition) is 11. The van der Waals surface area contributed by atoms with Crippen molar-refractivity contribution in [3.8, 4) is 0 Å². The van der Waals surface area contributed by atoms with Crippen LogP contribution in [-0.4, -0.2) is 211 Å². The number of carboxylic acids is 5. The number of ether oxygens (including phenoxy) is 1. The fourth-order valence-electron chi connectivity index (χ4n) is 9.83. The molecule has 0 saturated carbocycles. The second-order valence-electron chi connectivity index (χ2n) is 23.3. The SMILES string of the molecule is CCC(=O)CNC(=O)[C@H](C)CC(=O)[C@H](CSC)NC(=O)CCC(=O)[C@H](CC(C)C)NC(=O)[C@@H]1CCCN1C(=O)COCCCC(=O)[C@@H](CCC(=O)O)NC(=O)[C@@H](CCC(=O)O)CC(=O)[C@@H](CCC(=O)O)NC(=O)[C@@H](CCC(=O)O)CC(=O)[C@@H](CCC(=O)O)NC(=O)CC. The molecule has 0 radical (unpaired) electrons. The first-order valence-electron chi connectivity index (χ1n) is 31.1. The first-order chi connectivity index (χ1) is 43.7. The number of hydrogen-bond acceptors (Lipinski definition) is 20. The third kappa shape index (κ3) is 34.5. The number of Topliss-reactive ketones (excluding diaryl/α,β-unsaturated/α-hetero) is 6. The number of likely N-dealkylation sites (tertiary alicyclic amines) is 1. The van der Waals surface area contributed by atoms with Crippen LogP contribution in [0.15, 0.2) is 0 Å². The second kappa shape index (κ2) is 44.5. The minimum Gasteiger partial charge on any atom is -0.481 e. The summed E-state index contributed by atoms with van der Waals surface area (Å²) in [7, 11) is 0. The molecule has 0 spiro atoms. The molecule has 0 unspecified atom stereocenters. The molecular formula is C61H93N7O24S. The topological polar surface area (TPSA) is 493 Å². The highest BCUT2D eigenvalue weighted by atomic mass is 32.2. The predicted octanol–water partition coefficient (Wildman–Crippen LogP) is 1.10. The van der Waals surface area contributed by atoms with Crippen molar-refractivity contribution in [2.24, 2.45) is 23.7 Å². The Kier molecular flexibility index (Phi) is 39.7. The maximum atomic E-state index is 14.0. The number of carbonyl (C=O) groups is 18.